The Bertz CT molecular complexity index is 1080. The van der Waals surface area contributed by atoms with Crippen LogP contribution in [0.5, 0.6) is 0 Å². The van der Waals surface area contributed by atoms with Gasteiger partial charge in [-0.25, -0.2) is 13.2 Å². The van der Waals surface area contributed by atoms with Crippen LogP contribution in [0.25, 0.3) is 10.9 Å². The van der Waals surface area contributed by atoms with Crippen LogP contribution in [-0.4, -0.2) is 49.4 Å². The molecule has 8 heteroatoms. The summed E-state index contributed by atoms with van der Waals surface area (Å²) in [6, 6.07) is 7.04. The Morgan fingerprint density at radius 2 is 2.03 bits per heavy atom. The number of ether oxygens (including phenoxy) is 1. The highest BCUT2D eigenvalue weighted by atomic mass is 32.2. The fourth-order valence-corrected chi connectivity index (χ4v) is 5.85. The van der Waals surface area contributed by atoms with Crippen molar-refractivity contribution in [2.24, 2.45) is 5.92 Å². The summed E-state index contributed by atoms with van der Waals surface area (Å²) in [4.78, 5) is 29.8. The number of nitrogens with zero attached hydrogens (tertiary/aromatic N) is 1. The molecule has 1 saturated heterocycles. The first-order valence-corrected chi connectivity index (χ1v) is 11.7. The van der Waals surface area contributed by atoms with Crippen molar-refractivity contribution in [1.82, 2.24) is 10.3 Å². The summed E-state index contributed by atoms with van der Waals surface area (Å²) in [5, 5.41) is 3.37. The third-order valence-corrected chi connectivity index (χ3v) is 7.41. The van der Waals surface area contributed by atoms with Gasteiger partial charge in [-0.3, -0.25) is 9.78 Å². The number of amides is 1. The smallest absolute Gasteiger partial charge is 0.339 e. The average Bonchev–Trinajstić information content (AvgIpc) is 3.02. The van der Waals surface area contributed by atoms with Crippen LogP contribution in [-0.2, 0) is 32.2 Å². The van der Waals surface area contributed by atoms with Crippen molar-refractivity contribution in [3.05, 3.63) is 41.1 Å². The zero-order chi connectivity index (χ0) is 20.6. The van der Waals surface area contributed by atoms with Crippen LogP contribution < -0.4 is 5.32 Å². The molecule has 7 nitrogen and oxygen atoms in total. The van der Waals surface area contributed by atoms with Crippen LogP contribution in [0.4, 0.5) is 0 Å². The Morgan fingerprint density at radius 1 is 1.24 bits per heavy atom. The van der Waals surface area contributed by atoms with E-state index in [1.165, 1.54) is 0 Å². The Labute approximate surface area is 169 Å². The molecule has 1 aliphatic heterocycles. The van der Waals surface area contributed by atoms with E-state index in [0.717, 1.165) is 41.4 Å². The predicted octanol–water partition coefficient (Wildman–Crippen LogP) is 1.82. The lowest BCUT2D eigenvalue weighted by Gasteiger charge is -2.24. The van der Waals surface area contributed by atoms with E-state index in [0.29, 0.717) is 17.9 Å². The molecule has 1 aliphatic carbocycles. The molecule has 1 fully saturated rings. The molecule has 0 bridgehead atoms. The van der Waals surface area contributed by atoms with Crippen molar-refractivity contribution in [2.75, 3.05) is 18.1 Å². The maximum atomic E-state index is 13.0. The van der Waals surface area contributed by atoms with Crippen molar-refractivity contribution in [3.63, 3.8) is 0 Å². The molecule has 0 spiro atoms. The second kappa shape index (κ2) is 7.74. The minimum Gasteiger partial charge on any atom is -0.452 e. The molecule has 1 aromatic carbocycles. The average molecular weight is 416 g/mol. The van der Waals surface area contributed by atoms with E-state index < -0.39 is 34.4 Å². The van der Waals surface area contributed by atoms with Gasteiger partial charge in [-0.15, -0.1) is 0 Å². The zero-order valence-corrected chi connectivity index (χ0v) is 17.1. The minimum atomic E-state index is -3.08. The van der Waals surface area contributed by atoms with Gasteiger partial charge >= 0.3 is 5.97 Å². The van der Waals surface area contributed by atoms with Crippen LogP contribution in [0.2, 0.25) is 0 Å². The van der Waals surface area contributed by atoms with Crippen molar-refractivity contribution < 1.29 is 22.7 Å². The van der Waals surface area contributed by atoms with Gasteiger partial charge < -0.3 is 10.1 Å². The van der Waals surface area contributed by atoms with Gasteiger partial charge in [0.1, 0.15) is 0 Å². The number of esters is 1. The standard InChI is InChI=1S/C21H24N2O5S/c1-13-6-7-18-16(10-13)20(15-4-2-3-5-17(15)23-18)21(25)28-11-19(24)22-14-8-9-29(26,27)12-14/h2-5,13-14H,6-12H2,1H3,(H,22,24)/t13-,14+/m0/s1. The third-order valence-electron chi connectivity index (χ3n) is 5.64. The number of hydrogen-bond donors (Lipinski definition) is 1. The first-order chi connectivity index (χ1) is 13.8. The number of para-hydroxylation sites is 1. The SMILES string of the molecule is C[C@H]1CCc2nc3ccccc3c(C(=O)OCC(=O)N[C@@H]3CCS(=O)(=O)C3)c2C1. The summed E-state index contributed by atoms with van der Waals surface area (Å²) in [6.45, 7) is 1.71. The number of benzene rings is 1. The van der Waals surface area contributed by atoms with Gasteiger partial charge in [-0.1, -0.05) is 25.1 Å². The molecule has 2 aliphatic rings. The molecule has 2 heterocycles. The van der Waals surface area contributed by atoms with Gasteiger partial charge in [0.05, 0.1) is 22.6 Å². The molecule has 0 unspecified atom stereocenters. The van der Waals surface area contributed by atoms with Crippen molar-refractivity contribution in [3.8, 4) is 0 Å². The number of hydrogen-bond acceptors (Lipinski definition) is 6. The first kappa shape index (κ1) is 19.8. The highest BCUT2D eigenvalue weighted by molar-refractivity contribution is 7.91. The molecule has 0 radical (unpaired) electrons. The maximum absolute atomic E-state index is 13.0. The molecule has 1 aromatic heterocycles. The molecule has 2 atom stereocenters. The van der Waals surface area contributed by atoms with E-state index in [-0.39, 0.29) is 11.5 Å². The summed E-state index contributed by atoms with van der Waals surface area (Å²) in [6.07, 6.45) is 2.99. The number of carbonyl (C=O) groups excluding carboxylic acids is 2. The van der Waals surface area contributed by atoms with Gasteiger partial charge in [-0.05, 0) is 43.2 Å². The molecule has 0 saturated carbocycles. The van der Waals surface area contributed by atoms with Gasteiger partial charge in [-0.2, -0.15) is 0 Å². The van der Waals surface area contributed by atoms with Gasteiger partial charge in [0, 0.05) is 17.1 Å². The topological polar surface area (TPSA) is 102 Å². The monoisotopic (exact) mass is 416 g/mol. The summed E-state index contributed by atoms with van der Waals surface area (Å²) in [5.41, 5.74) is 3.07. The van der Waals surface area contributed by atoms with Crippen LogP contribution in [0.3, 0.4) is 0 Å². The van der Waals surface area contributed by atoms with E-state index >= 15 is 0 Å². The molecular formula is C21H24N2O5S. The van der Waals surface area contributed by atoms with Crippen molar-refractivity contribution in [1.29, 1.82) is 0 Å². The Hall–Kier alpha value is -2.48. The Kier molecular flexibility index (Phi) is 5.29. The number of aromatic nitrogens is 1. The number of carbonyl (C=O) groups is 2. The highest BCUT2D eigenvalue weighted by Crippen LogP contribution is 2.32. The quantitative estimate of drug-likeness (QED) is 0.763. The number of aryl methyl sites for hydroxylation is 1. The molecule has 154 valence electrons. The van der Waals surface area contributed by atoms with Gasteiger partial charge in [0.15, 0.2) is 16.4 Å². The van der Waals surface area contributed by atoms with E-state index in [9.17, 15) is 18.0 Å². The second-order valence-electron chi connectivity index (χ2n) is 8.02. The van der Waals surface area contributed by atoms with Crippen LogP contribution >= 0.6 is 0 Å². The highest BCUT2D eigenvalue weighted by Gasteiger charge is 2.30. The zero-order valence-electron chi connectivity index (χ0n) is 16.3. The molecule has 1 amide bonds. The van der Waals surface area contributed by atoms with E-state index in [4.69, 9.17) is 9.72 Å². The van der Waals surface area contributed by atoms with Crippen molar-refractivity contribution in [2.45, 2.75) is 38.6 Å². The number of rotatable bonds is 4. The molecular weight excluding hydrogens is 392 g/mol. The molecule has 1 N–H and O–H groups in total. The van der Waals surface area contributed by atoms with E-state index in [1.807, 2.05) is 24.3 Å². The van der Waals surface area contributed by atoms with Gasteiger partial charge in [0.25, 0.3) is 5.91 Å². The molecule has 4 rings (SSSR count). The Balaban J connectivity index is 1.52. The number of sulfone groups is 1. The molecule has 2 aromatic rings. The number of fused-ring (bicyclic) bond motifs is 2. The summed E-state index contributed by atoms with van der Waals surface area (Å²) in [5.74, 6) is -0.563. The number of nitrogens with one attached hydrogen (secondary N) is 1. The maximum Gasteiger partial charge on any atom is 0.339 e. The largest absolute Gasteiger partial charge is 0.452 e. The Morgan fingerprint density at radius 3 is 2.79 bits per heavy atom. The van der Waals surface area contributed by atoms with Gasteiger partial charge in [0.2, 0.25) is 0 Å². The molecule has 29 heavy (non-hydrogen) atoms. The normalized spacial score (nSPS) is 22.8. The lowest BCUT2D eigenvalue weighted by molar-refractivity contribution is -0.124. The van der Waals surface area contributed by atoms with E-state index in [1.54, 1.807) is 0 Å². The van der Waals surface area contributed by atoms with Crippen LogP contribution in [0.15, 0.2) is 24.3 Å². The van der Waals surface area contributed by atoms with Crippen LogP contribution in [0.1, 0.15) is 41.4 Å². The van der Waals surface area contributed by atoms with E-state index in [2.05, 4.69) is 12.2 Å². The second-order valence-corrected chi connectivity index (χ2v) is 10.2. The lowest BCUT2D eigenvalue weighted by atomic mass is 9.84. The lowest BCUT2D eigenvalue weighted by Crippen LogP contribution is -2.38. The first-order valence-electron chi connectivity index (χ1n) is 9.90. The number of pyridine rings is 1. The predicted molar refractivity (Wildman–Crippen MR) is 108 cm³/mol. The summed E-state index contributed by atoms with van der Waals surface area (Å²) >= 11 is 0. The third kappa shape index (κ3) is 4.27. The summed E-state index contributed by atoms with van der Waals surface area (Å²) in [7, 11) is -3.08. The van der Waals surface area contributed by atoms with Crippen LogP contribution in [0, 0.1) is 5.92 Å². The van der Waals surface area contributed by atoms with Crippen molar-refractivity contribution >= 4 is 32.6 Å². The summed E-state index contributed by atoms with van der Waals surface area (Å²) < 4.78 is 28.4. The fraction of sp³-hybridized carbons (Fsp3) is 0.476. The fourth-order valence-electron chi connectivity index (χ4n) is 4.18. The minimum absolute atomic E-state index is 0.0624.